The first-order valence-electron chi connectivity index (χ1n) is 6.23. The van der Waals surface area contributed by atoms with Crippen LogP contribution in [-0.2, 0) is 0 Å². The minimum absolute atomic E-state index is 0.0716. The molecule has 0 saturated heterocycles. The van der Waals surface area contributed by atoms with Crippen LogP contribution in [0.5, 0.6) is 0 Å². The van der Waals surface area contributed by atoms with Gasteiger partial charge in [-0.25, -0.2) is 0 Å². The zero-order valence-electron chi connectivity index (χ0n) is 10.8. The minimum Gasteiger partial charge on any atom is -0.385 e. The molecule has 1 aromatic carbocycles. The second-order valence-corrected chi connectivity index (χ2v) is 6.40. The average Bonchev–Trinajstić information content (AvgIpc) is 2.85. The third kappa shape index (κ3) is 2.11. The van der Waals surface area contributed by atoms with Crippen molar-refractivity contribution in [2.75, 3.05) is 5.73 Å². The van der Waals surface area contributed by atoms with Crippen LogP contribution in [0.15, 0.2) is 47.3 Å². The summed E-state index contributed by atoms with van der Waals surface area (Å²) in [4.78, 5) is 13.6. The number of fused-ring (bicyclic) bond motifs is 1. The van der Waals surface area contributed by atoms with Crippen molar-refractivity contribution in [3.8, 4) is 0 Å². The molecule has 3 rings (SSSR count). The van der Waals surface area contributed by atoms with E-state index in [1.165, 1.54) is 11.3 Å². The smallest absolute Gasteiger partial charge is 0.260 e. The standard InChI is InChI=1S/C15H13ClN2OS/c1-9(12-6-7-13(16)20-12)18-14(17)8-10-4-2-3-5-11(10)15(18)19/h2-9H,17H2,1H3. The van der Waals surface area contributed by atoms with E-state index >= 15 is 0 Å². The largest absolute Gasteiger partial charge is 0.385 e. The molecule has 2 heterocycles. The van der Waals surface area contributed by atoms with E-state index in [0.717, 1.165) is 10.3 Å². The number of nitrogens with two attached hydrogens (primary N) is 1. The summed E-state index contributed by atoms with van der Waals surface area (Å²) in [7, 11) is 0. The van der Waals surface area contributed by atoms with Crippen LogP contribution in [0.3, 0.4) is 0 Å². The van der Waals surface area contributed by atoms with E-state index in [1.807, 2.05) is 49.4 Å². The molecular weight excluding hydrogens is 292 g/mol. The molecule has 5 heteroatoms. The van der Waals surface area contributed by atoms with Gasteiger partial charge in [-0.2, -0.15) is 0 Å². The average molecular weight is 305 g/mol. The van der Waals surface area contributed by atoms with Gasteiger partial charge in [-0.1, -0.05) is 29.8 Å². The molecule has 0 bridgehead atoms. The molecule has 0 saturated carbocycles. The summed E-state index contributed by atoms with van der Waals surface area (Å²) in [6.45, 7) is 1.95. The molecule has 102 valence electrons. The Morgan fingerprint density at radius 2 is 2.00 bits per heavy atom. The van der Waals surface area contributed by atoms with E-state index in [-0.39, 0.29) is 11.6 Å². The number of halogens is 1. The normalized spacial score (nSPS) is 12.7. The first kappa shape index (κ1) is 13.2. The lowest BCUT2D eigenvalue weighted by atomic mass is 10.1. The topological polar surface area (TPSA) is 48.0 Å². The fourth-order valence-electron chi connectivity index (χ4n) is 2.37. The Kier molecular flexibility index (Phi) is 3.28. The number of aromatic nitrogens is 1. The third-order valence-corrected chi connectivity index (χ3v) is 4.79. The fraction of sp³-hybridized carbons (Fsp3) is 0.133. The zero-order chi connectivity index (χ0) is 14.3. The Hall–Kier alpha value is -1.78. The minimum atomic E-state index is -0.135. The molecule has 2 aromatic heterocycles. The van der Waals surface area contributed by atoms with Crippen LogP contribution in [0, 0.1) is 0 Å². The molecule has 0 fully saturated rings. The van der Waals surface area contributed by atoms with Crippen LogP contribution < -0.4 is 11.3 Å². The highest BCUT2D eigenvalue weighted by molar-refractivity contribution is 7.16. The van der Waals surface area contributed by atoms with Crippen LogP contribution in [0.25, 0.3) is 10.8 Å². The van der Waals surface area contributed by atoms with Gasteiger partial charge in [0.25, 0.3) is 5.56 Å². The molecule has 0 aliphatic carbocycles. The van der Waals surface area contributed by atoms with Crippen molar-refractivity contribution < 1.29 is 0 Å². The number of thiophene rings is 1. The maximum Gasteiger partial charge on any atom is 0.260 e. The van der Waals surface area contributed by atoms with Crippen molar-refractivity contribution in [3.05, 3.63) is 62.0 Å². The van der Waals surface area contributed by atoms with E-state index < -0.39 is 0 Å². The highest BCUT2D eigenvalue weighted by atomic mass is 35.5. The van der Waals surface area contributed by atoms with Crippen LogP contribution in [-0.4, -0.2) is 4.57 Å². The molecule has 1 atom stereocenters. The fourth-order valence-corrected chi connectivity index (χ4v) is 3.48. The second kappa shape index (κ2) is 4.96. The number of rotatable bonds is 2. The van der Waals surface area contributed by atoms with Gasteiger partial charge in [0.2, 0.25) is 0 Å². The lowest BCUT2D eigenvalue weighted by Gasteiger charge is -2.17. The van der Waals surface area contributed by atoms with Gasteiger partial charge in [0.15, 0.2) is 0 Å². The summed E-state index contributed by atoms with van der Waals surface area (Å²) >= 11 is 7.43. The van der Waals surface area contributed by atoms with Crippen molar-refractivity contribution in [2.24, 2.45) is 0 Å². The van der Waals surface area contributed by atoms with E-state index in [4.69, 9.17) is 17.3 Å². The highest BCUT2D eigenvalue weighted by Gasteiger charge is 2.16. The maximum atomic E-state index is 12.6. The van der Waals surface area contributed by atoms with Crippen LogP contribution in [0.1, 0.15) is 17.8 Å². The molecule has 0 spiro atoms. The number of anilines is 1. The van der Waals surface area contributed by atoms with Crippen molar-refractivity contribution in [2.45, 2.75) is 13.0 Å². The summed E-state index contributed by atoms with van der Waals surface area (Å²) < 4.78 is 2.32. The van der Waals surface area contributed by atoms with E-state index in [2.05, 4.69) is 0 Å². The number of pyridine rings is 1. The molecule has 0 aliphatic heterocycles. The Morgan fingerprint density at radius 3 is 2.70 bits per heavy atom. The molecule has 0 radical (unpaired) electrons. The lowest BCUT2D eigenvalue weighted by molar-refractivity contribution is 0.640. The van der Waals surface area contributed by atoms with E-state index in [0.29, 0.717) is 15.5 Å². The Balaban J connectivity index is 2.23. The van der Waals surface area contributed by atoms with Crippen molar-refractivity contribution in [1.82, 2.24) is 4.57 Å². The Labute approximate surface area is 125 Å². The van der Waals surface area contributed by atoms with Crippen molar-refractivity contribution >= 4 is 39.5 Å². The summed E-state index contributed by atoms with van der Waals surface area (Å²) in [6, 6.07) is 12.9. The monoisotopic (exact) mass is 304 g/mol. The SMILES string of the molecule is CC(c1ccc(Cl)s1)n1c(N)cc2ccccc2c1=O. The predicted octanol–water partition coefficient (Wildman–Crippen LogP) is 3.91. The highest BCUT2D eigenvalue weighted by Crippen LogP contribution is 2.30. The number of benzene rings is 1. The van der Waals surface area contributed by atoms with E-state index in [1.54, 1.807) is 4.57 Å². The number of nitrogen functional groups attached to an aromatic ring is 1. The first-order chi connectivity index (χ1) is 9.58. The molecule has 3 nitrogen and oxygen atoms in total. The quantitative estimate of drug-likeness (QED) is 0.780. The predicted molar refractivity (Wildman–Crippen MR) is 85.8 cm³/mol. The van der Waals surface area contributed by atoms with Crippen LogP contribution in [0.2, 0.25) is 4.34 Å². The Morgan fingerprint density at radius 1 is 1.25 bits per heavy atom. The van der Waals surface area contributed by atoms with Gasteiger partial charge < -0.3 is 5.73 Å². The molecule has 2 N–H and O–H groups in total. The molecule has 0 aliphatic rings. The zero-order valence-corrected chi connectivity index (χ0v) is 12.4. The summed E-state index contributed by atoms with van der Waals surface area (Å²) in [6.07, 6.45) is 0. The van der Waals surface area contributed by atoms with Gasteiger partial charge in [0.1, 0.15) is 5.82 Å². The molecule has 1 unspecified atom stereocenters. The second-order valence-electron chi connectivity index (χ2n) is 4.65. The van der Waals surface area contributed by atoms with Crippen molar-refractivity contribution in [1.29, 1.82) is 0 Å². The van der Waals surface area contributed by atoms with Crippen LogP contribution >= 0.6 is 22.9 Å². The van der Waals surface area contributed by atoms with Crippen molar-refractivity contribution in [3.63, 3.8) is 0 Å². The number of hydrogen-bond donors (Lipinski definition) is 1. The molecule has 20 heavy (non-hydrogen) atoms. The number of nitrogens with zero attached hydrogens (tertiary/aromatic N) is 1. The van der Waals surface area contributed by atoms with Gasteiger partial charge in [-0.05, 0) is 36.6 Å². The van der Waals surface area contributed by atoms with Crippen LogP contribution in [0.4, 0.5) is 5.82 Å². The molecular formula is C15H13ClN2OS. The lowest BCUT2D eigenvalue weighted by Crippen LogP contribution is -2.26. The Bertz CT molecular complexity index is 837. The molecule has 0 amide bonds. The third-order valence-electron chi connectivity index (χ3n) is 3.38. The summed E-state index contributed by atoms with van der Waals surface area (Å²) in [5.41, 5.74) is 6.00. The summed E-state index contributed by atoms with van der Waals surface area (Å²) in [5.74, 6) is 0.464. The summed E-state index contributed by atoms with van der Waals surface area (Å²) in [5, 5.41) is 1.54. The van der Waals surface area contributed by atoms with E-state index in [9.17, 15) is 4.79 Å². The number of hydrogen-bond acceptors (Lipinski definition) is 3. The van der Waals surface area contributed by atoms with Gasteiger partial charge in [-0.3, -0.25) is 9.36 Å². The maximum absolute atomic E-state index is 12.6. The first-order valence-corrected chi connectivity index (χ1v) is 7.42. The van der Waals surface area contributed by atoms with Gasteiger partial charge in [-0.15, -0.1) is 11.3 Å². The van der Waals surface area contributed by atoms with Gasteiger partial charge in [0, 0.05) is 10.3 Å². The van der Waals surface area contributed by atoms with Gasteiger partial charge in [0.05, 0.1) is 10.4 Å². The molecule has 3 aromatic rings. The van der Waals surface area contributed by atoms with Gasteiger partial charge >= 0.3 is 0 Å².